The molecule has 3 nitrogen and oxygen atoms in total. The fraction of sp³-hybridized carbons (Fsp3) is 0.357. The van der Waals surface area contributed by atoms with Crippen LogP contribution in [0.1, 0.15) is 18.2 Å². The third-order valence-corrected chi connectivity index (χ3v) is 3.30. The van der Waals surface area contributed by atoms with Crippen LogP contribution < -0.4 is 5.32 Å². The molecule has 1 N–H and O–H groups in total. The van der Waals surface area contributed by atoms with Crippen molar-refractivity contribution in [2.45, 2.75) is 20.0 Å². The summed E-state index contributed by atoms with van der Waals surface area (Å²) in [7, 11) is 0. The lowest BCUT2D eigenvalue weighted by molar-refractivity contribution is 0.110. The van der Waals surface area contributed by atoms with Gasteiger partial charge < -0.3 is 10.1 Å². The second-order valence-electron chi connectivity index (χ2n) is 4.53. The zero-order chi connectivity index (χ0) is 13.4. The molecule has 0 fully saturated rings. The summed E-state index contributed by atoms with van der Waals surface area (Å²) in [5, 5.41) is 3.82. The van der Waals surface area contributed by atoms with E-state index in [9.17, 15) is 8.78 Å². The Balaban J connectivity index is 2.32. The van der Waals surface area contributed by atoms with Gasteiger partial charge in [0.2, 0.25) is 0 Å². The first-order valence-electron chi connectivity index (χ1n) is 6.32. The maximum absolute atomic E-state index is 13.4. The highest BCUT2D eigenvalue weighted by Crippen LogP contribution is 2.32. The van der Waals surface area contributed by atoms with Crippen LogP contribution in [0, 0.1) is 11.6 Å². The average Bonchev–Trinajstić information content (AvgIpc) is 2.41. The number of pyridine rings is 1. The summed E-state index contributed by atoms with van der Waals surface area (Å²) in [5.41, 5.74) is 3.14. The lowest BCUT2D eigenvalue weighted by Gasteiger charge is -2.21. The number of halogens is 2. The van der Waals surface area contributed by atoms with Crippen LogP contribution in [0.25, 0.3) is 10.9 Å². The van der Waals surface area contributed by atoms with Gasteiger partial charge in [-0.3, -0.25) is 4.98 Å². The summed E-state index contributed by atoms with van der Waals surface area (Å²) in [6.07, 6.45) is 0.697. The Morgan fingerprint density at radius 2 is 2.11 bits per heavy atom. The lowest BCUT2D eigenvalue weighted by atomic mass is 10.0. The Morgan fingerprint density at radius 3 is 2.89 bits per heavy atom. The van der Waals surface area contributed by atoms with Gasteiger partial charge in [0, 0.05) is 30.0 Å². The predicted octanol–water partition coefficient (Wildman–Crippen LogP) is 3.02. The first-order valence-corrected chi connectivity index (χ1v) is 6.32. The van der Waals surface area contributed by atoms with Crippen LogP contribution in [0.4, 0.5) is 14.5 Å². The van der Waals surface area contributed by atoms with Gasteiger partial charge in [0.1, 0.15) is 0 Å². The minimum atomic E-state index is -0.866. The quantitative estimate of drug-likeness (QED) is 0.905. The number of rotatable bonds is 2. The van der Waals surface area contributed by atoms with Crippen LogP contribution in [-0.2, 0) is 17.8 Å². The number of benzene rings is 1. The summed E-state index contributed by atoms with van der Waals surface area (Å²) in [4.78, 5) is 4.43. The minimum Gasteiger partial charge on any atom is -0.384 e. The fourth-order valence-electron chi connectivity index (χ4n) is 2.43. The SMILES string of the molecule is CCNc1c2c(nc3cc(F)c(F)cc13)CCOC2. The van der Waals surface area contributed by atoms with Crippen LogP contribution in [0.3, 0.4) is 0 Å². The highest BCUT2D eigenvalue weighted by atomic mass is 19.2. The molecule has 0 aliphatic carbocycles. The fourth-order valence-corrected chi connectivity index (χ4v) is 2.43. The molecule has 0 spiro atoms. The zero-order valence-corrected chi connectivity index (χ0v) is 10.6. The molecule has 0 saturated carbocycles. The highest BCUT2D eigenvalue weighted by Gasteiger charge is 2.19. The van der Waals surface area contributed by atoms with E-state index in [1.54, 1.807) is 0 Å². The molecule has 0 unspecified atom stereocenters. The second-order valence-corrected chi connectivity index (χ2v) is 4.53. The standard InChI is InChI=1S/C14H14F2N2O/c1-2-17-14-8-5-10(15)11(16)6-13(8)18-12-3-4-19-7-9(12)14/h5-6H,2-4,7H2,1H3,(H,17,18). The number of ether oxygens (including phenoxy) is 1. The molecule has 19 heavy (non-hydrogen) atoms. The van der Waals surface area contributed by atoms with Crippen molar-refractivity contribution in [3.63, 3.8) is 0 Å². The van der Waals surface area contributed by atoms with E-state index >= 15 is 0 Å². The molecule has 0 radical (unpaired) electrons. The van der Waals surface area contributed by atoms with Crippen molar-refractivity contribution in [2.24, 2.45) is 0 Å². The van der Waals surface area contributed by atoms with E-state index in [2.05, 4.69) is 10.3 Å². The Morgan fingerprint density at radius 1 is 1.32 bits per heavy atom. The molecule has 0 saturated heterocycles. The van der Waals surface area contributed by atoms with Crippen molar-refractivity contribution in [1.82, 2.24) is 4.98 Å². The van der Waals surface area contributed by atoms with Gasteiger partial charge in [-0.15, -0.1) is 0 Å². The van der Waals surface area contributed by atoms with E-state index in [0.717, 1.165) is 23.0 Å². The van der Waals surface area contributed by atoms with Gasteiger partial charge in [0.05, 0.1) is 30.1 Å². The van der Waals surface area contributed by atoms with Crippen LogP contribution in [0.15, 0.2) is 12.1 Å². The predicted molar refractivity (Wildman–Crippen MR) is 69.2 cm³/mol. The molecular weight excluding hydrogens is 250 g/mol. The molecule has 1 aromatic carbocycles. The highest BCUT2D eigenvalue weighted by molar-refractivity contribution is 5.93. The van der Waals surface area contributed by atoms with Gasteiger partial charge in [0.15, 0.2) is 11.6 Å². The Kier molecular flexibility index (Phi) is 3.06. The normalized spacial score (nSPS) is 14.5. The summed E-state index contributed by atoms with van der Waals surface area (Å²) < 4.78 is 32.2. The third-order valence-electron chi connectivity index (χ3n) is 3.30. The Labute approximate surface area is 109 Å². The molecule has 100 valence electrons. The van der Waals surface area contributed by atoms with E-state index < -0.39 is 11.6 Å². The van der Waals surface area contributed by atoms with E-state index in [1.807, 2.05) is 6.92 Å². The average molecular weight is 264 g/mol. The molecule has 2 heterocycles. The summed E-state index contributed by atoms with van der Waals surface area (Å²) >= 11 is 0. The van der Waals surface area contributed by atoms with Gasteiger partial charge in [0.25, 0.3) is 0 Å². The summed E-state index contributed by atoms with van der Waals surface area (Å²) in [6, 6.07) is 2.35. The monoisotopic (exact) mass is 264 g/mol. The zero-order valence-electron chi connectivity index (χ0n) is 10.6. The smallest absolute Gasteiger partial charge is 0.161 e. The van der Waals surface area contributed by atoms with Gasteiger partial charge in [-0.05, 0) is 13.0 Å². The van der Waals surface area contributed by atoms with Crippen molar-refractivity contribution >= 4 is 16.6 Å². The van der Waals surface area contributed by atoms with Gasteiger partial charge in [-0.2, -0.15) is 0 Å². The first-order chi connectivity index (χ1) is 9.20. The van der Waals surface area contributed by atoms with E-state index in [4.69, 9.17) is 4.74 Å². The number of nitrogens with zero attached hydrogens (tertiary/aromatic N) is 1. The maximum atomic E-state index is 13.4. The molecule has 1 aromatic heterocycles. The van der Waals surface area contributed by atoms with Crippen LogP contribution >= 0.6 is 0 Å². The molecular formula is C14H14F2N2O. The van der Waals surface area contributed by atoms with Crippen molar-refractivity contribution in [3.8, 4) is 0 Å². The number of aromatic nitrogens is 1. The largest absolute Gasteiger partial charge is 0.384 e. The number of nitrogens with one attached hydrogen (secondary N) is 1. The van der Waals surface area contributed by atoms with Gasteiger partial charge in [-0.1, -0.05) is 0 Å². The minimum absolute atomic E-state index is 0.458. The van der Waals surface area contributed by atoms with Gasteiger partial charge >= 0.3 is 0 Å². The third kappa shape index (κ3) is 2.04. The topological polar surface area (TPSA) is 34.2 Å². The van der Waals surface area contributed by atoms with Crippen LogP contribution in [0.2, 0.25) is 0 Å². The molecule has 0 bridgehead atoms. The van der Waals surface area contributed by atoms with Crippen molar-refractivity contribution in [3.05, 3.63) is 35.0 Å². The summed E-state index contributed by atoms with van der Waals surface area (Å²) in [6.45, 7) is 3.73. The van der Waals surface area contributed by atoms with Crippen molar-refractivity contribution in [2.75, 3.05) is 18.5 Å². The lowest BCUT2D eigenvalue weighted by Crippen LogP contribution is -2.15. The van der Waals surface area contributed by atoms with Crippen molar-refractivity contribution in [1.29, 1.82) is 0 Å². The maximum Gasteiger partial charge on any atom is 0.161 e. The van der Waals surface area contributed by atoms with E-state index in [1.165, 1.54) is 6.07 Å². The number of anilines is 1. The number of hydrogen-bond donors (Lipinski definition) is 1. The van der Waals surface area contributed by atoms with Crippen LogP contribution in [0.5, 0.6) is 0 Å². The summed E-state index contributed by atoms with van der Waals surface area (Å²) in [5.74, 6) is -1.72. The Bertz CT molecular complexity index is 643. The van der Waals surface area contributed by atoms with E-state index in [0.29, 0.717) is 37.1 Å². The molecule has 1 aliphatic heterocycles. The molecule has 1 aliphatic rings. The molecule has 5 heteroatoms. The molecule has 0 amide bonds. The Hall–Kier alpha value is -1.75. The van der Waals surface area contributed by atoms with E-state index in [-0.39, 0.29) is 0 Å². The molecule has 0 atom stereocenters. The van der Waals surface area contributed by atoms with Gasteiger partial charge in [-0.25, -0.2) is 8.78 Å². The second kappa shape index (κ2) is 4.74. The van der Waals surface area contributed by atoms with Crippen LogP contribution in [-0.4, -0.2) is 18.1 Å². The number of hydrogen-bond acceptors (Lipinski definition) is 3. The van der Waals surface area contributed by atoms with Crippen molar-refractivity contribution < 1.29 is 13.5 Å². The number of fused-ring (bicyclic) bond motifs is 2. The molecule has 2 aromatic rings. The first kappa shape index (κ1) is 12.3. The molecule has 3 rings (SSSR count).